The fraction of sp³-hybridized carbons (Fsp3) is 0.778. The molecule has 0 aromatic rings. The van der Waals surface area contributed by atoms with Crippen LogP contribution in [0.15, 0.2) is 0 Å². The van der Waals surface area contributed by atoms with E-state index in [1.165, 1.54) is 6.92 Å². The summed E-state index contributed by atoms with van der Waals surface area (Å²) in [6.07, 6.45) is -0.103. The van der Waals surface area contributed by atoms with Crippen LogP contribution in [0.3, 0.4) is 0 Å². The number of rotatable bonds is 5. The van der Waals surface area contributed by atoms with E-state index in [2.05, 4.69) is 9.47 Å². The molecule has 0 radical (unpaired) electrons. The van der Waals surface area contributed by atoms with E-state index in [0.717, 1.165) is 0 Å². The minimum absolute atomic E-state index is 0.103. The highest BCUT2D eigenvalue weighted by Crippen LogP contribution is 1.86. The molecule has 5 nitrogen and oxygen atoms in total. The van der Waals surface area contributed by atoms with E-state index in [1.54, 1.807) is 14.0 Å². The second-order valence-corrected chi connectivity index (χ2v) is 2.40. The van der Waals surface area contributed by atoms with E-state index in [4.69, 9.17) is 5.11 Å². The third-order valence-corrected chi connectivity index (χ3v) is 0.994. The molecule has 0 saturated heterocycles. The molecule has 0 aliphatic carbocycles. The molecule has 0 aromatic heterocycles. The summed E-state index contributed by atoms with van der Waals surface area (Å²) in [5.74, 6) is -0.599. The Hall–Kier alpha value is -0.940. The zero-order chi connectivity index (χ0) is 11.4. The summed E-state index contributed by atoms with van der Waals surface area (Å²) >= 11 is 0. The number of hydrogen-bond acceptors (Lipinski definition) is 5. The number of hydrogen-bond donors (Lipinski definition) is 1. The Morgan fingerprint density at radius 2 is 1.93 bits per heavy atom. The van der Waals surface area contributed by atoms with E-state index < -0.39 is 5.97 Å². The summed E-state index contributed by atoms with van der Waals surface area (Å²) in [5.41, 5.74) is 0. The van der Waals surface area contributed by atoms with E-state index in [9.17, 15) is 9.59 Å². The van der Waals surface area contributed by atoms with Crippen molar-refractivity contribution in [1.29, 1.82) is 0 Å². The number of ether oxygens (including phenoxy) is 2. The van der Waals surface area contributed by atoms with Crippen molar-refractivity contribution >= 4 is 11.8 Å². The number of aliphatic hydroxyl groups excluding tert-OH is 1. The Bertz CT molecular complexity index is 153. The highest BCUT2D eigenvalue weighted by Gasteiger charge is 2.03. The van der Waals surface area contributed by atoms with E-state index in [1.807, 2.05) is 0 Å². The SMILES string of the molecule is CCOC(=O)CC(C)=O.COCCO. The van der Waals surface area contributed by atoms with Gasteiger partial charge in [0.05, 0.1) is 19.8 Å². The minimum atomic E-state index is -0.440. The van der Waals surface area contributed by atoms with E-state index in [-0.39, 0.29) is 18.8 Å². The van der Waals surface area contributed by atoms with E-state index >= 15 is 0 Å². The third-order valence-electron chi connectivity index (χ3n) is 0.994. The van der Waals surface area contributed by atoms with Crippen molar-refractivity contribution in [3.8, 4) is 0 Å². The number of ketones is 1. The van der Waals surface area contributed by atoms with Crippen molar-refractivity contribution in [2.75, 3.05) is 26.9 Å². The van der Waals surface area contributed by atoms with Gasteiger partial charge in [0.15, 0.2) is 0 Å². The number of esters is 1. The fourth-order valence-electron chi connectivity index (χ4n) is 0.507. The Labute approximate surface area is 84.0 Å². The lowest BCUT2D eigenvalue weighted by molar-refractivity contribution is -0.145. The predicted octanol–water partition coefficient (Wildman–Crippen LogP) is 0.154. The molecule has 0 heterocycles. The van der Waals surface area contributed by atoms with Gasteiger partial charge in [-0.15, -0.1) is 0 Å². The second-order valence-electron chi connectivity index (χ2n) is 2.40. The molecule has 0 unspecified atom stereocenters. The van der Waals surface area contributed by atoms with Crippen LogP contribution in [0.4, 0.5) is 0 Å². The standard InChI is InChI=1S/C6H10O3.C3H8O2/c1-3-9-6(8)4-5(2)7;1-5-3-2-4/h3-4H2,1-2H3;4H,2-3H2,1H3. The first-order valence-electron chi connectivity index (χ1n) is 4.33. The van der Waals surface area contributed by atoms with Crippen molar-refractivity contribution in [3.05, 3.63) is 0 Å². The van der Waals surface area contributed by atoms with Gasteiger partial charge >= 0.3 is 5.97 Å². The molecule has 0 rings (SSSR count). The zero-order valence-electron chi connectivity index (χ0n) is 8.91. The summed E-state index contributed by atoms with van der Waals surface area (Å²) in [5, 5.41) is 7.94. The van der Waals surface area contributed by atoms with Gasteiger partial charge in [-0.25, -0.2) is 0 Å². The predicted molar refractivity (Wildman–Crippen MR) is 50.9 cm³/mol. The summed E-state index contributed by atoms with van der Waals surface area (Å²) in [6, 6.07) is 0. The maximum absolute atomic E-state index is 10.4. The number of carbonyl (C=O) groups is 2. The maximum Gasteiger partial charge on any atom is 0.313 e. The van der Waals surface area contributed by atoms with Gasteiger partial charge in [0.25, 0.3) is 0 Å². The topological polar surface area (TPSA) is 72.8 Å². The van der Waals surface area contributed by atoms with Crippen LogP contribution in [-0.2, 0) is 19.1 Å². The third kappa shape index (κ3) is 17.2. The highest BCUT2D eigenvalue weighted by atomic mass is 16.5. The number of carbonyl (C=O) groups excluding carboxylic acids is 2. The molecule has 0 amide bonds. The summed E-state index contributed by atoms with van der Waals surface area (Å²) in [4.78, 5) is 20.6. The van der Waals surface area contributed by atoms with Crippen molar-refractivity contribution in [3.63, 3.8) is 0 Å². The molecule has 0 spiro atoms. The van der Waals surface area contributed by atoms with Gasteiger partial charge in [-0.1, -0.05) is 0 Å². The lowest BCUT2D eigenvalue weighted by atomic mass is 10.3. The van der Waals surface area contributed by atoms with Gasteiger partial charge in [-0.2, -0.15) is 0 Å². The van der Waals surface area contributed by atoms with Crippen molar-refractivity contribution in [2.45, 2.75) is 20.3 Å². The first-order chi connectivity index (χ1) is 6.58. The van der Waals surface area contributed by atoms with Gasteiger partial charge in [-0.05, 0) is 13.8 Å². The lowest BCUT2D eigenvalue weighted by Crippen LogP contribution is -2.07. The Morgan fingerprint density at radius 1 is 1.36 bits per heavy atom. The molecule has 0 bridgehead atoms. The van der Waals surface area contributed by atoms with Gasteiger partial charge in [0.1, 0.15) is 12.2 Å². The number of Topliss-reactive ketones (excluding diaryl/α,β-unsaturated/α-hetero) is 1. The second kappa shape index (κ2) is 12.1. The van der Waals surface area contributed by atoms with Crippen molar-refractivity contribution in [2.24, 2.45) is 0 Å². The average Bonchev–Trinajstić information content (AvgIpc) is 2.05. The van der Waals surface area contributed by atoms with Crippen LogP contribution in [0.1, 0.15) is 20.3 Å². The fourth-order valence-corrected chi connectivity index (χ4v) is 0.507. The molecule has 1 N–H and O–H groups in total. The van der Waals surface area contributed by atoms with Crippen molar-refractivity contribution < 1.29 is 24.2 Å². The molecular weight excluding hydrogens is 188 g/mol. The van der Waals surface area contributed by atoms with Gasteiger partial charge in [-0.3, -0.25) is 9.59 Å². The van der Waals surface area contributed by atoms with E-state index in [0.29, 0.717) is 13.2 Å². The van der Waals surface area contributed by atoms with Crippen LogP contribution in [0, 0.1) is 0 Å². The summed E-state index contributed by atoms with van der Waals surface area (Å²) in [6.45, 7) is 3.97. The number of methoxy groups -OCH3 is 1. The molecule has 0 aliphatic heterocycles. The molecule has 84 valence electrons. The molecule has 0 fully saturated rings. The Balaban J connectivity index is 0. The molecule has 5 heteroatoms. The highest BCUT2D eigenvalue weighted by molar-refractivity contribution is 5.94. The Kier molecular flexibility index (Phi) is 13.4. The largest absolute Gasteiger partial charge is 0.466 e. The smallest absolute Gasteiger partial charge is 0.313 e. The van der Waals surface area contributed by atoms with Crippen LogP contribution < -0.4 is 0 Å². The summed E-state index contributed by atoms with van der Waals surface area (Å²) < 4.78 is 8.93. The normalized spacial score (nSPS) is 8.57. The molecule has 0 aliphatic rings. The molecule has 14 heavy (non-hydrogen) atoms. The molecule has 0 saturated carbocycles. The maximum atomic E-state index is 10.4. The van der Waals surface area contributed by atoms with Crippen LogP contribution >= 0.6 is 0 Å². The van der Waals surface area contributed by atoms with Gasteiger partial charge < -0.3 is 14.6 Å². The van der Waals surface area contributed by atoms with Crippen LogP contribution in [0.2, 0.25) is 0 Å². The average molecular weight is 206 g/mol. The monoisotopic (exact) mass is 206 g/mol. The van der Waals surface area contributed by atoms with Crippen LogP contribution in [-0.4, -0.2) is 43.8 Å². The van der Waals surface area contributed by atoms with Crippen LogP contribution in [0.5, 0.6) is 0 Å². The van der Waals surface area contributed by atoms with Gasteiger partial charge in [0, 0.05) is 7.11 Å². The van der Waals surface area contributed by atoms with Crippen molar-refractivity contribution in [1.82, 2.24) is 0 Å². The molecule has 0 aromatic carbocycles. The number of aliphatic hydroxyl groups is 1. The zero-order valence-corrected chi connectivity index (χ0v) is 8.91. The first-order valence-corrected chi connectivity index (χ1v) is 4.33. The van der Waals surface area contributed by atoms with Crippen LogP contribution in [0.25, 0.3) is 0 Å². The lowest BCUT2D eigenvalue weighted by Gasteiger charge is -1.96. The molecule has 0 atom stereocenters. The first kappa shape index (κ1) is 15.5. The minimum Gasteiger partial charge on any atom is -0.466 e. The van der Waals surface area contributed by atoms with Gasteiger partial charge in [0.2, 0.25) is 0 Å². The summed E-state index contributed by atoms with van der Waals surface area (Å²) in [7, 11) is 1.55. The quantitative estimate of drug-likeness (QED) is 0.512. The Morgan fingerprint density at radius 3 is 2.14 bits per heavy atom. The molecular formula is C9H18O5.